The highest BCUT2D eigenvalue weighted by molar-refractivity contribution is 8.13. The topological polar surface area (TPSA) is 49.9 Å². The molecule has 0 bridgehead atoms. The molecule has 5 heteroatoms. The van der Waals surface area contributed by atoms with Crippen molar-refractivity contribution in [1.82, 2.24) is 4.98 Å². The molecule has 1 aromatic heterocycles. The highest BCUT2D eigenvalue weighted by Gasteiger charge is 2.09. The van der Waals surface area contributed by atoms with Gasteiger partial charge in [-0.1, -0.05) is 6.07 Å². The summed E-state index contributed by atoms with van der Waals surface area (Å²) in [6.45, 7) is 0. The summed E-state index contributed by atoms with van der Waals surface area (Å²) in [5, 5.41) is 1.80. The van der Waals surface area contributed by atoms with Crippen LogP contribution in [-0.2, 0) is 9.05 Å². The number of hydrogen-bond acceptors (Lipinski definition) is 2. The lowest BCUT2D eigenvalue weighted by atomic mass is 10.2. The lowest BCUT2D eigenvalue weighted by molar-refractivity contribution is 0.609. The Labute approximate surface area is 79.8 Å². The summed E-state index contributed by atoms with van der Waals surface area (Å²) in [5.74, 6) is 0. The van der Waals surface area contributed by atoms with Crippen LogP contribution in [0.5, 0.6) is 0 Å². The SMILES string of the molecule is O=S(=O)(Cl)c1ccc2c[nH]cc2c1. The molecule has 1 heterocycles. The number of aromatic amines is 1. The summed E-state index contributed by atoms with van der Waals surface area (Å²) in [5.41, 5.74) is 0. The molecule has 1 aromatic carbocycles. The summed E-state index contributed by atoms with van der Waals surface area (Å²) in [6.07, 6.45) is 3.51. The van der Waals surface area contributed by atoms with Crippen molar-refractivity contribution in [1.29, 1.82) is 0 Å². The first-order chi connectivity index (χ1) is 6.07. The zero-order valence-electron chi connectivity index (χ0n) is 6.49. The molecule has 0 aliphatic rings. The van der Waals surface area contributed by atoms with Crippen LogP contribution in [0.1, 0.15) is 0 Å². The molecule has 0 spiro atoms. The first-order valence-corrected chi connectivity index (χ1v) is 5.89. The molecule has 0 saturated heterocycles. The Morgan fingerprint density at radius 2 is 1.85 bits per heavy atom. The molecule has 0 atom stereocenters. The van der Waals surface area contributed by atoms with Crippen LogP contribution in [0.4, 0.5) is 0 Å². The molecule has 13 heavy (non-hydrogen) atoms. The molecule has 2 aromatic rings. The van der Waals surface area contributed by atoms with Gasteiger partial charge in [0.05, 0.1) is 4.90 Å². The lowest BCUT2D eigenvalue weighted by Crippen LogP contribution is -1.88. The first kappa shape index (κ1) is 8.59. The Morgan fingerprint density at radius 1 is 1.15 bits per heavy atom. The average molecular weight is 216 g/mol. The van der Waals surface area contributed by atoms with Crippen molar-refractivity contribution in [3.8, 4) is 0 Å². The fourth-order valence-corrected chi connectivity index (χ4v) is 1.97. The molecule has 0 saturated carbocycles. The maximum Gasteiger partial charge on any atom is 0.261 e. The number of benzene rings is 1. The van der Waals surface area contributed by atoms with Gasteiger partial charge in [-0.2, -0.15) is 0 Å². The highest BCUT2D eigenvalue weighted by Crippen LogP contribution is 2.20. The summed E-state index contributed by atoms with van der Waals surface area (Å²) in [7, 11) is 1.57. The van der Waals surface area contributed by atoms with Crippen molar-refractivity contribution in [3.63, 3.8) is 0 Å². The molecule has 0 aliphatic carbocycles. The number of nitrogens with one attached hydrogen (secondary N) is 1. The third-order valence-electron chi connectivity index (χ3n) is 1.82. The van der Waals surface area contributed by atoms with Gasteiger partial charge in [0.2, 0.25) is 0 Å². The van der Waals surface area contributed by atoms with E-state index < -0.39 is 9.05 Å². The average Bonchev–Trinajstić information content (AvgIpc) is 2.47. The third kappa shape index (κ3) is 1.55. The summed E-state index contributed by atoms with van der Waals surface area (Å²) in [6, 6.07) is 4.73. The second kappa shape index (κ2) is 2.75. The van der Waals surface area contributed by atoms with E-state index in [1.807, 2.05) is 0 Å². The van der Waals surface area contributed by atoms with Crippen molar-refractivity contribution in [2.24, 2.45) is 0 Å². The van der Waals surface area contributed by atoms with Crippen LogP contribution in [0.15, 0.2) is 35.5 Å². The number of rotatable bonds is 1. The Bertz CT molecular complexity index is 544. The zero-order chi connectivity index (χ0) is 9.47. The van der Waals surface area contributed by atoms with E-state index in [-0.39, 0.29) is 4.90 Å². The summed E-state index contributed by atoms with van der Waals surface area (Å²) < 4.78 is 21.9. The van der Waals surface area contributed by atoms with Gasteiger partial charge >= 0.3 is 0 Å². The minimum Gasteiger partial charge on any atom is -0.366 e. The summed E-state index contributed by atoms with van der Waals surface area (Å²) >= 11 is 0. The molecule has 68 valence electrons. The van der Waals surface area contributed by atoms with Gasteiger partial charge in [-0.3, -0.25) is 0 Å². The van der Waals surface area contributed by atoms with Gasteiger partial charge < -0.3 is 4.98 Å². The minimum atomic E-state index is -3.61. The van der Waals surface area contributed by atoms with E-state index >= 15 is 0 Å². The number of aromatic nitrogens is 1. The summed E-state index contributed by atoms with van der Waals surface area (Å²) in [4.78, 5) is 3.00. The van der Waals surface area contributed by atoms with Crippen molar-refractivity contribution in [3.05, 3.63) is 30.6 Å². The molecule has 0 fully saturated rings. The Kier molecular flexibility index (Phi) is 1.82. The van der Waals surface area contributed by atoms with Crippen LogP contribution in [0.3, 0.4) is 0 Å². The van der Waals surface area contributed by atoms with Crippen LogP contribution < -0.4 is 0 Å². The zero-order valence-corrected chi connectivity index (χ0v) is 8.06. The van der Waals surface area contributed by atoms with Gasteiger partial charge in [0.15, 0.2) is 0 Å². The van der Waals surface area contributed by atoms with E-state index in [0.29, 0.717) is 0 Å². The number of hydrogen-bond donors (Lipinski definition) is 1. The van der Waals surface area contributed by atoms with Crippen LogP contribution in [0, 0.1) is 0 Å². The molecule has 1 N–H and O–H groups in total. The molecule has 3 nitrogen and oxygen atoms in total. The monoisotopic (exact) mass is 215 g/mol. The maximum absolute atomic E-state index is 11.0. The quantitative estimate of drug-likeness (QED) is 0.741. The minimum absolute atomic E-state index is 0.126. The first-order valence-electron chi connectivity index (χ1n) is 3.58. The molecular weight excluding hydrogens is 210 g/mol. The van der Waals surface area contributed by atoms with Gasteiger partial charge in [-0.15, -0.1) is 0 Å². The molecule has 0 amide bonds. The molecule has 0 unspecified atom stereocenters. The van der Waals surface area contributed by atoms with Gasteiger partial charge in [0.1, 0.15) is 0 Å². The van der Waals surface area contributed by atoms with Gasteiger partial charge in [-0.05, 0) is 17.5 Å². The number of fused-ring (bicyclic) bond motifs is 1. The Morgan fingerprint density at radius 3 is 2.54 bits per heavy atom. The Hall–Kier alpha value is -1.00. The van der Waals surface area contributed by atoms with Crippen LogP contribution in [0.25, 0.3) is 10.8 Å². The van der Waals surface area contributed by atoms with Crippen LogP contribution in [-0.4, -0.2) is 13.4 Å². The Balaban J connectivity index is 2.75. The van der Waals surface area contributed by atoms with Gasteiger partial charge in [0, 0.05) is 28.5 Å². The van der Waals surface area contributed by atoms with E-state index in [1.165, 1.54) is 12.1 Å². The van der Waals surface area contributed by atoms with Crippen LogP contribution in [0.2, 0.25) is 0 Å². The standard InChI is InChI=1S/C8H6ClNO2S/c9-13(11,12)8-2-1-6-4-10-5-7(6)3-8/h1-5,10H. The lowest BCUT2D eigenvalue weighted by Gasteiger charge is -1.94. The van der Waals surface area contributed by atoms with Crippen molar-refractivity contribution in [2.45, 2.75) is 4.90 Å². The predicted molar refractivity (Wildman–Crippen MR) is 51.3 cm³/mol. The van der Waals surface area contributed by atoms with E-state index in [4.69, 9.17) is 10.7 Å². The highest BCUT2D eigenvalue weighted by atomic mass is 35.7. The van der Waals surface area contributed by atoms with E-state index in [0.717, 1.165) is 10.8 Å². The van der Waals surface area contributed by atoms with E-state index in [2.05, 4.69) is 4.98 Å². The largest absolute Gasteiger partial charge is 0.366 e. The predicted octanol–water partition coefficient (Wildman–Crippen LogP) is 2.10. The van der Waals surface area contributed by atoms with Crippen molar-refractivity contribution < 1.29 is 8.42 Å². The molecular formula is C8H6ClNO2S. The molecule has 0 aliphatic heterocycles. The second-order valence-electron chi connectivity index (χ2n) is 2.68. The van der Waals surface area contributed by atoms with E-state index in [9.17, 15) is 8.42 Å². The third-order valence-corrected chi connectivity index (χ3v) is 3.17. The smallest absolute Gasteiger partial charge is 0.261 e. The second-order valence-corrected chi connectivity index (χ2v) is 5.25. The van der Waals surface area contributed by atoms with Gasteiger partial charge in [-0.25, -0.2) is 8.42 Å². The molecule has 0 radical (unpaired) electrons. The normalized spacial score (nSPS) is 12.1. The maximum atomic E-state index is 11.0. The molecule has 2 rings (SSSR count). The van der Waals surface area contributed by atoms with Crippen molar-refractivity contribution in [2.75, 3.05) is 0 Å². The fraction of sp³-hybridized carbons (Fsp3) is 0. The number of halogens is 1. The fourth-order valence-electron chi connectivity index (χ4n) is 1.18. The van der Waals surface area contributed by atoms with E-state index in [1.54, 1.807) is 18.5 Å². The van der Waals surface area contributed by atoms with Crippen molar-refractivity contribution >= 4 is 30.5 Å². The van der Waals surface area contributed by atoms with Gasteiger partial charge in [0.25, 0.3) is 9.05 Å². The van der Waals surface area contributed by atoms with Crippen LogP contribution >= 0.6 is 10.7 Å². The number of H-pyrrole nitrogens is 1.